The van der Waals surface area contributed by atoms with Gasteiger partial charge in [0.1, 0.15) is 6.10 Å². The Hall–Kier alpha value is -0.720. The molecule has 80 valence electrons. The van der Waals surface area contributed by atoms with Crippen molar-refractivity contribution in [3.63, 3.8) is 0 Å². The summed E-state index contributed by atoms with van der Waals surface area (Å²) in [6, 6.07) is 0. The fourth-order valence-corrected chi connectivity index (χ4v) is 1.51. The Balaban J connectivity index is 2.77. The number of hydrogen-bond acceptors (Lipinski definition) is 5. The van der Waals surface area contributed by atoms with E-state index in [1.54, 1.807) is 13.2 Å². The Morgan fingerprint density at radius 2 is 2.29 bits per heavy atom. The quantitative estimate of drug-likeness (QED) is 0.522. The summed E-state index contributed by atoms with van der Waals surface area (Å²) in [6.45, 7) is 0. The van der Waals surface area contributed by atoms with E-state index < -0.39 is 12.2 Å². The van der Waals surface area contributed by atoms with E-state index >= 15 is 0 Å². The lowest BCUT2D eigenvalue weighted by molar-refractivity contribution is 0.0176. The smallest absolute Gasteiger partial charge is 0.151 e. The number of rotatable bonds is 4. The van der Waals surface area contributed by atoms with Crippen molar-refractivity contribution in [2.24, 2.45) is 7.05 Å². The number of nitrogen functional groups attached to an aromatic ring is 1. The van der Waals surface area contributed by atoms with E-state index in [9.17, 15) is 10.2 Å². The molecule has 2 unspecified atom stereocenters. The van der Waals surface area contributed by atoms with Crippen LogP contribution in [0.4, 0.5) is 5.82 Å². The Morgan fingerprint density at radius 1 is 1.64 bits per heavy atom. The van der Waals surface area contributed by atoms with Crippen molar-refractivity contribution in [2.75, 3.05) is 11.5 Å². The topological polar surface area (TPSA) is 84.3 Å². The summed E-state index contributed by atoms with van der Waals surface area (Å²) in [5, 5.41) is 23.1. The molecule has 2 atom stereocenters. The Bertz CT molecular complexity index is 303. The summed E-state index contributed by atoms with van der Waals surface area (Å²) in [4.78, 5) is 0. The number of thiol groups is 1. The molecule has 14 heavy (non-hydrogen) atoms. The van der Waals surface area contributed by atoms with Gasteiger partial charge in [0.2, 0.25) is 0 Å². The third-order valence-corrected chi connectivity index (χ3v) is 2.25. The van der Waals surface area contributed by atoms with E-state index in [0.717, 1.165) is 0 Å². The minimum absolute atomic E-state index is 0.248. The third kappa shape index (κ3) is 2.40. The monoisotopic (exact) mass is 217 g/mol. The average Bonchev–Trinajstić information content (AvgIpc) is 2.44. The molecule has 0 aliphatic carbocycles. The van der Waals surface area contributed by atoms with Crippen LogP contribution in [0.25, 0.3) is 0 Å². The normalized spacial score (nSPS) is 15.4. The first-order valence-corrected chi connectivity index (χ1v) is 4.95. The third-order valence-electron chi connectivity index (χ3n) is 2.00. The maximum Gasteiger partial charge on any atom is 0.151 e. The molecule has 1 aromatic heterocycles. The first-order chi connectivity index (χ1) is 6.56. The summed E-state index contributed by atoms with van der Waals surface area (Å²) < 4.78 is 1.50. The minimum Gasteiger partial charge on any atom is -0.390 e. The fraction of sp³-hybridized carbons (Fsp3) is 0.625. The van der Waals surface area contributed by atoms with Gasteiger partial charge in [0.25, 0.3) is 0 Å². The molecule has 0 fully saturated rings. The second kappa shape index (κ2) is 4.68. The Labute approximate surface area is 87.9 Å². The number of aryl methyl sites for hydroxylation is 1. The summed E-state index contributed by atoms with van der Waals surface area (Å²) in [6.07, 6.45) is 0.176. The maximum absolute atomic E-state index is 9.70. The van der Waals surface area contributed by atoms with Gasteiger partial charge in [-0.05, 0) is 12.2 Å². The highest BCUT2D eigenvalue weighted by Gasteiger charge is 2.21. The highest BCUT2D eigenvalue weighted by molar-refractivity contribution is 7.80. The van der Waals surface area contributed by atoms with Crippen LogP contribution in [0.5, 0.6) is 0 Å². The molecule has 5 nitrogen and oxygen atoms in total. The van der Waals surface area contributed by atoms with Crippen molar-refractivity contribution in [1.82, 2.24) is 9.78 Å². The zero-order valence-corrected chi connectivity index (χ0v) is 8.85. The Kier molecular flexibility index (Phi) is 3.79. The molecule has 0 saturated carbocycles. The first kappa shape index (κ1) is 11.4. The SMILES string of the molecule is Cn1cc(C(O)C(O)CCS)c(N)n1. The van der Waals surface area contributed by atoms with Crippen molar-refractivity contribution in [3.8, 4) is 0 Å². The molecule has 0 aliphatic heterocycles. The van der Waals surface area contributed by atoms with Gasteiger partial charge in [-0.2, -0.15) is 17.7 Å². The molecule has 0 spiro atoms. The molecule has 6 heteroatoms. The van der Waals surface area contributed by atoms with Gasteiger partial charge < -0.3 is 15.9 Å². The van der Waals surface area contributed by atoms with Gasteiger partial charge in [-0.3, -0.25) is 4.68 Å². The summed E-state index contributed by atoms with van der Waals surface area (Å²) >= 11 is 3.97. The lowest BCUT2D eigenvalue weighted by Gasteiger charge is -2.15. The number of aliphatic hydroxyl groups is 2. The zero-order chi connectivity index (χ0) is 10.7. The van der Waals surface area contributed by atoms with Crippen LogP contribution in [0.15, 0.2) is 6.20 Å². The number of hydrogen-bond donors (Lipinski definition) is 4. The zero-order valence-electron chi connectivity index (χ0n) is 7.96. The maximum atomic E-state index is 9.70. The van der Waals surface area contributed by atoms with E-state index in [4.69, 9.17) is 5.73 Å². The molecular weight excluding hydrogens is 202 g/mol. The largest absolute Gasteiger partial charge is 0.390 e. The number of nitrogens with two attached hydrogens (primary N) is 1. The van der Waals surface area contributed by atoms with Gasteiger partial charge >= 0.3 is 0 Å². The van der Waals surface area contributed by atoms with Crippen molar-refractivity contribution in [2.45, 2.75) is 18.6 Å². The molecule has 4 N–H and O–H groups in total. The van der Waals surface area contributed by atoms with Crippen molar-refractivity contribution in [1.29, 1.82) is 0 Å². The minimum atomic E-state index is -0.990. The van der Waals surface area contributed by atoms with Gasteiger partial charge in [-0.25, -0.2) is 0 Å². The van der Waals surface area contributed by atoms with E-state index in [-0.39, 0.29) is 5.82 Å². The van der Waals surface area contributed by atoms with Gasteiger partial charge in [-0.15, -0.1) is 0 Å². The summed E-state index contributed by atoms with van der Waals surface area (Å²) in [7, 11) is 1.71. The predicted octanol–water partition coefficient (Wildman–Crippen LogP) is -0.284. The molecule has 0 bridgehead atoms. The molecule has 0 aliphatic rings. The van der Waals surface area contributed by atoms with Gasteiger partial charge in [0.15, 0.2) is 5.82 Å². The first-order valence-electron chi connectivity index (χ1n) is 4.32. The highest BCUT2D eigenvalue weighted by atomic mass is 32.1. The van der Waals surface area contributed by atoms with Crippen LogP contribution < -0.4 is 5.73 Å². The number of aromatic nitrogens is 2. The van der Waals surface area contributed by atoms with Crippen LogP contribution in [0.1, 0.15) is 18.1 Å². The van der Waals surface area contributed by atoms with E-state index in [0.29, 0.717) is 17.7 Å². The molecular formula is C8H15N3O2S. The summed E-state index contributed by atoms with van der Waals surface area (Å²) in [5.41, 5.74) is 6.01. The molecule has 0 amide bonds. The van der Waals surface area contributed by atoms with Crippen LogP contribution in [0, 0.1) is 0 Å². The highest BCUT2D eigenvalue weighted by Crippen LogP contribution is 2.23. The van der Waals surface area contributed by atoms with Gasteiger partial charge in [0, 0.05) is 18.8 Å². The fourth-order valence-electron chi connectivity index (χ4n) is 1.25. The van der Waals surface area contributed by atoms with Crippen LogP contribution in [-0.4, -0.2) is 31.9 Å². The standard InChI is InChI=1S/C8H15N3O2S/c1-11-4-5(8(9)10-11)7(13)6(12)2-3-14/h4,6-7,12-14H,2-3H2,1H3,(H2,9,10). The molecule has 0 saturated heterocycles. The molecule has 1 heterocycles. The van der Waals surface area contributed by atoms with Gasteiger partial charge in [-0.1, -0.05) is 0 Å². The van der Waals surface area contributed by atoms with Crippen molar-refractivity contribution in [3.05, 3.63) is 11.8 Å². The van der Waals surface area contributed by atoms with Crippen molar-refractivity contribution < 1.29 is 10.2 Å². The predicted molar refractivity (Wildman–Crippen MR) is 57.1 cm³/mol. The van der Waals surface area contributed by atoms with Gasteiger partial charge in [0.05, 0.1) is 6.10 Å². The van der Waals surface area contributed by atoms with Crippen LogP contribution >= 0.6 is 12.6 Å². The van der Waals surface area contributed by atoms with Crippen molar-refractivity contribution >= 4 is 18.4 Å². The molecule has 0 radical (unpaired) electrons. The molecule has 1 aromatic rings. The Morgan fingerprint density at radius 3 is 2.71 bits per heavy atom. The molecule has 0 aromatic carbocycles. The lowest BCUT2D eigenvalue weighted by Crippen LogP contribution is -2.19. The second-order valence-electron chi connectivity index (χ2n) is 3.17. The van der Waals surface area contributed by atoms with E-state index in [1.807, 2.05) is 0 Å². The average molecular weight is 217 g/mol. The number of anilines is 1. The second-order valence-corrected chi connectivity index (χ2v) is 3.62. The summed E-state index contributed by atoms with van der Waals surface area (Å²) in [5.74, 6) is 0.761. The van der Waals surface area contributed by atoms with E-state index in [1.165, 1.54) is 4.68 Å². The lowest BCUT2D eigenvalue weighted by atomic mass is 10.1. The number of aliphatic hydroxyl groups excluding tert-OH is 2. The van der Waals surface area contributed by atoms with E-state index in [2.05, 4.69) is 17.7 Å². The van der Waals surface area contributed by atoms with Crippen LogP contribution in [0.3, 0.4) is 0 Å². The van der Waals surface area contributed by atoms with Crippen LogP contribution in [-0.2, 0) is 7.05 Å². The van der Waals surface area contributed by atoms with Crippen LogP contribution in [0.2, 0.25) is 0 Å². The number of nitrogens with zero attached hydrogens (tertiary/aromatic N) is 2. The molecule has 1 rings (SSSR count).